The van der Waals surface area contributed by atoms with E-state index in [-0.39, 0.29) is 5.91 Å². The number of piperazine rings is 1. The fraction of sp³-hybridized carbons (Fsp3) is 0.273. The van der Waals surface area contributed by atoms with E-state index in [4.69, 9.17) is 0 Å². The zero-order valence-electron chi connectivity index (χ0n) is 16.2. The van der Waals surface area contributed by atoms with Crippen molar-refractivity contribution in [3.63, 3.8) is 0 Å². The van der Waals surface area contributed by atoms with E-state index in [1.807, 2.05) is 17.0 Å². The average Bonchev–Trinajstić information content (AvgIpc) is 2.76. The Balaban J connectivity index is 1.41. The van der Waals surface area contributed by atoms with Crippen LogP contribution >= 0.6 is 0 Å². The van der Waals surface area contributed by atoms with Crippen molar-refractivity contribution in [2.24, 2.45) is 0 Å². The van der Waals surface area contributed by atoms with Crippen LogP contribution in [0.4, 0.5) is 5.82 Å². The molecule has 0 N–H and O–H groups in total. The molecule has 0 saturated carbocycles. The van der Waals surface area contributed by atoms with Crippen molar-refractivity contribution in [2.45, 2.75) is 13.8 Å². The lowest BCUT2D eigenvalue weighted by molar-refractivity contribution is 0.0746. The van der Waals surface area contributed by atoms with Crippen molar-refractivity contribution in [1.82, 2.24) is 20.1 Å². The van der Waals surface area contributed by atoms with E-state index in [9.17, 15) is 4.79 Å². The number of hydrogen-bond acceptors (Lipinski definition) is 5. The van der Waals surface area contributed by atoms with E-state index < -0.39 is 0 Å². The van der Waals surface area contributed by atoms with Crippen LogP contribution in [-0.4, -0.2) is 52.2 Å². The quantitative estimate of drug-likeness (QED) is 0.706. The van der Waals surface area contributed by atoms with Gasteiger partial charge in [0.05, 0.1) is 11.3 Å². The van der Waals surface area contributed by atoms with Crippen LogP contribution in [0.1, 0.15) is 21.5 Å². The predicted molar refractivity (Wildman–Crippen MR) is 109 cm³/mol. The summed E-state index contributed by atoms with van der Waals surface area (Å²) < 4.78 is 0. The summed E-state index contributed by atoms with van der Waals surface area (Å²) in [5.41, 5.74) is 5.10. The first kappa shape index (κ1) is 18.1. The Hall–Kier alpha value is -3.28. The Labute approximate surface area is 164 Å². The molecule has 6 heteroatoms. The highest BCUT2D eigenvalue weighted by Crippen LogP contribution is 2.22. The van der Waals surface area contributed by atoms with Gasteiger partial charge in [0.15, 0.2) is 5.82 Å². The normalized spacial score (nSPS) is 14.2. The van der Waals surface area contributed by atoms with Gasteiger partial charge in [0.25, 0.3) is 5.91 Å². The molecule has 0 bridgehead atoms. The number of amides is 1. The highest BCUT2D eigenvalue weighted by Gasteiger charge is 2.23. The number of aromatic nitrogens is 3. The summed E-state index contributed by atoms with van der Waals surface area (Å²) in [6.07, 6.45) is 3.29. The molecule has 0 radical (unpaired) electrons. The van der Waals surface area contributed by atoms with Gasteiger partial charge in [-0.2, -0.15) is 0 Å². The van der Waals surface area contributed by atoms with Crippen LogP contribution in [0.2, 0.25) is 0 Å². The van der Waals surface area contributed by atoms with Crippen LogP contribution in [0.5, 0.6) is 0 Å². The molecule has 0 aliphatic carbocycles. The molecule has 3 aromatic rings. The highest BCUT2D eigenvalue weighted by molar-refractivity contribution is 5.94. The summed E-state index contributed by atoms with van der Waals surface area (Å²) in [6.45, 7) is 7.01. The monoisotopic (exact) mass is 373 g/mol. The first-order valence-corrected chi connectivity index (χ1v) is 9.47. The molecule has 3 heterocycles. The summed E-state index contributed by atoms with van der Waals surface area (Å²) in [6, 6.07) is 13.9. The maximum atomic E-state index is 12.5. The van der Waals surface area contributed by atoms with E-state index in [1.54, 1.807) is 24.5 Å². The highest BCUT2D eigenvalue weighted by atomic mass is 16.2. The molecule has 1 saturated heterocycles. The standard InChI is InChI=1S/C22H23N5O/c1-16-5-6-18(14-17(16)2)20-7-8-21(25-24-20)26-10-12-27(13-11-26)22(28)19-4-3-9-23-15-19/h3-9,14-15H,10-13H2,1-2H3. The van der Waals surface area contributed by atoms with Gasteiger partial charge in [0.2, 0.25) is 0 Å². The number of carbonyl (C=O) groups is 1. The van der Waals surface area contributed by atoms with Crippen molar-refractivity contribution in [3.05, 3.63) is 71.5 Å². The number of carbonyl (C=O) groups excluding carboxylic acids is 1. The van der Waals surface area contributed by atoms with Gasteiger partial charge in [-0.15, -0.1) is 10.2 Å². The fourth-order valence-corrected chi connectivity index (χ4v) is 3.36. The molecular weight excluding hydrogens is 350 g/mol. The van der Waals surface area contributed by atoms with E-state index in [2.05, 4.69) is 52.1 Å². The van der Waals surface area contributed by atoms with Crippen molar-refractivity contribution in [1.29, 1.82) is 0 Å². The van der Waals surface area contributed by atoms with Gasteiger partial charge in [-0.25, -0.2) is 0 Å². The maximum Gasteiger partial charge on any atom is 0.255 e. The molecule has 6 nitrogen and oxygen atoms in total. The molecule has 0 atom stereocenters. The van der Waals surface area contributed by atoms with Crippen LogP contribution in [0.3, 0.4) is 0 Å². The van der Waals surface area contributed by atoms with E-state index in [0.717, 1.165) is 30.2 Å². The summed E-state index contributed by atoms with van der Waals surface area (Å²) in [7, 11) is 0. The van der Waals surface area contributed by atoms with E-state index in [1.165, 1.54) is 11.1 Å². The van der Waals surface area contributed by atoms with Crippen LogP contribution in [0.25, 0.3) is 11.3 Å². The average molecular weight is 373 g/mol. The van der Waals surface area contributed by atoms with E-state index >= 15 is 0 Å². The Morgan fingerprint density at radius 1 is 0.929 bits per heavy atom. The Bertz CT molecular complexity index is 964. The van der Waals surface area contributed by atoms with Gasteiger partial charge in [-0.05, 0) is 55.3 Å². The van der Waals surface area contributed by atoms with Crippen LogP contribution in [0, 0.1) is 13.8 Å². The van der Waals surface area contributed by atoms with Gasteiger partial charge in [0.1, 0.15) is 0 Å². The minimum atomic E-state index is 0.0314. The molecule has 1 amide bonds. The minimum absolute atomic E-state index is 0.0314. The SMILES string of the molecule is Cc1ccc(-c2ccc(N3CCN(C(=O)c4cccnc4)CC3)nn2)cc1C. The van der Waals surface area contributed by atoms with Gasteiger partial charge in [0, 0.05) is 44.1 Å². The number of nitrogens with zero attached hydrogens (tertiary/aromatic N) is 5. The summed E-state index contributed by atoms with van der Waals surface area (Å²) in [5.74, 6) is 0.880. The molecule has 142 valence electrons. The lowest BCUT2D eigenvalue weighted by Gasteiger charge is -2.35. The molecule has 1 fully saturated rings. The lowest BCUT2D eigenvalue weighted by Crippen LogP contribution is -2.49. The molecule has 1 aliphatic rings. The van der Waals surface area contributed by atoms with Crippen LogP contribution < -0.4 is 4.90 Å². The number of hydrogen-bond donors (Lipinski definition) is 0. The van der Waals surface area contributed by atoms with Crippen molar-refractivity contribution in [3.8, 4) is 11.3 Å². The van der Waals surface area contributed by atoms with Gasteiger partial charge in [-0.3, -0.25) is 9.78 Å². The second-order valence-electron chi connectivity index (χ2n) is 7.10. The third-order valence-corrected chi connectivity index (χ3v) is 5.25. The van der Waals surface area contributed by atoms with Gasteiger partial charge in [-0.1, -0.05) is 12.1 Å². The molecule has 0 unspecified atom stereocenters. The van der Waals surface area contributed by atoms with Crippen LogP contribution in [0.15, 0.2) is 54.9 Å². The Morgan fingerprint density at radius 2 is 1.75 bits per heavy atom. The molecule has 28 heavy (non-hydrogen) atoms. The second kappa shape index (κ2) is 7.76. The zero-order chi connectivity index (χ0) is 19.5. The maximum absolute atomic E-state index is 12.5. The number of anilines is 1. The molecule has 1 aliphatic heterocycles. The smallest absolute Gasteiger partial charge is 0.255 e. The largest absolute Gasteiger partial charge is 0.352 e. The number of benzene rings is 1. The molecule has 0 spiro atoms. The number of pyridine rings is 1. The number of aryl methyl sites for hydroxylation is 2. The Kier molecular flexibility index (Phi) is 5.02. The van der Waals surface area contributed by atoms with Gasteiger partial charge >= 0.3 is 0 Å². The topological polar surface area (TPSA) is 62.2 Å². The first-order valence-electron chi connectivity index (χ1n) is 9.47. The van der Waals surface area contributed by atoms with E-state index in [0.29, 0.717) is 18.7 Å². The van der Waals surface area contributed by atoms with Crippen molar-refractivity contribution in [2.75, 3.05) is 31.1 Å². The molecule has 1 aromatic carbocycles. The van der Waals surface area contributed by atoms with Crippen LogP contribution in [-0.2, 0) is 0 Å². The van der Waals surface area contributed by atoms with Crippen molar-refractivity contribution >= 4 is 11.7 Å². The molecule has 2 aromatic heterocycles. The Morgan fingerprint density at radius 3 is 2.39 bits per heavy atom. The summed E-state index contributed by atoms with van der Waals surface area (Å²) in [5, 5.41) is 8.84. The first-order chi connectivity index (χ1) is 13.6. The molecular formula is C22H23N5O. The lowest BCUT2D eigenvalue weighted by atomic mass is 10.0. The summed E-state index contributed by atoms with van der Waals surface area (Å²) in [4.78, 5) is 20.6. The fourth-order valence-electron chi connectivity index (χ4n) is 3.36. The third kappa shape index (κ3) is 3.71. The van der Waals surface area contributed by atoms with Crippen molar-refractivity contribution < 1.29 is 4.79 Å². The minimum Gasteiger partial charge on any atom is -0.352 e. The number of rotatable bonds is 3. The zero-order valence-corrected chi connectivity index (χ0v) is 16.2. The van der Waals surface area contributed by atoms with Gasteiger partial charge < -0.3 is 9.80 Å². The summed E-state index contributed by atoms with van der Waals surface area (Å²) >= 11 is 0. The molecule has 4 rings (SSSR count). The second-order valence-corrected chi connectivity index (χ2v) is 7.10. The predicted octanol–water partition coefficient (Wildman–Crippen LogP) is 3.12. The third-order valence-electron chi connectivity index (χ3n) is 5.25.